The number of benzene rings is 1. The monoisotopic (exact) mass is 261 g/mol. The van der Waals surface area contributed by atoms with Gasteiger partial charge in [0, 0.05) is 7.35 Å². The van der Waals surface area contributed by atoms with E-state index in [0.29, 0.717) is 11.5 Å². The molecule has 19 heavy (non-hydrogen) atoms. The largest absolute Gasteiger partial charge is 0.206 e. The highest BCUT2D eigenvalue weighted by atomic mass is 19.1. The van der Waals surface area contributed by atoms with Crippen molar-refractivity contribution in [2.75, 3.05) is 0 Å². The molecule has 0 aliphatic heterocycles. The van der Waals surface area contributed by atoms with Gasteiger partial charge >= 0.3 is 0 Å². The van der Waals surface area contributed by atoms with Gasteiger partial charge in [-0.05, 0) is 48.3 Å². The van der Waals surface area contributed by atoms with Crippen molar-refractivity contribution in [3.05, 3.63) is 34.9 Å². The lowest BCUT2D eigenvalue weighted by Gasteiger charge is -2.26. The second-order valence-corrected chi connectivity index (χ2v) is 5.18. The minimum absolute atomic E-state index is 0. The molecule has 1 fully saturated rings. The molecule has 0 N–H and O–H groups in total. The molecule has 0 heterocycles. The number of hydrogen-bond acceptors (Lipinski definition) is 1. The van der Waals surface area contributed by atoms with E-state index in [-0.39, 0.29) is 12.9 Å². The smallest absolute Gasteiger partial charge is 0.152 e. The number of nitriles is 1. The second kappa shape index (κ2) is 5.85. The predicted molar refractivity (Wildman–Crippen MR) is 71.3 cm³/mol. The summed E-state index contributed by atoms with van der Waals surface area (Å²) in [5.41, 5.74) is 0.402. The van der Waals surface area contributed by atoms with Crippen molar-refractivity contribution >= 4 is 0 Å². The first-order valence-corrected chi connectivity index (χ1v) is 6.51. The SMILES string of the molecule is CC1CCC(c2cc(F)c(C#CC#N)c(F)c2)CC1.[HH]. The summed E-state index contributed by atoms with van der Waals surface area (Å²) in [6.45, 7) is 2.21. The van der Waals surface area contributed by atoms with Gasteiger partial charge in [-0.2, -0.15) is 5.26 Å². The molecule has 1 aromatic rings. The Bertz CT molecular complexity index is 549. The first kappa shape index (κ1) is 13.6. The summed E-state index contributed by atoms with van der Waals surface area (Å²) in [4.78, 5) is 0. The lowest BCUT2D eigenvalue weighted by Crippen LogP contribution is -2.11. The van der Waals surface area contributed by atoms with Crippen molar-refractivity contribution < 1.29 is 10.2 Å². The number of rotatable bonds is 1. The van der Waals surface area contributed by atoms with Gasteiger partial charge < -0.3 is 0 Å². The molecule has 3 heteroatoms. The maximum absolute atomic E-state index is 13.8. The Morgan fingerprint density at radius 2 is 1.74 bits per heavy atom. The maximum Gasteiger partial charge on any atom is 0.152 e. The molecular weight excluding hydrogens is 244 g/mol. The molecule has 0 amide bonds. The highest BCUT2D eigenvalue weighted by Gasteiger charge is 2.21. The summed E-state index contributed by atoms with van der Waals surface area (Å²) in [6.07, 6.45) is 4.15. The summed E-state index contributed by atoms with van der Waals surface area (Å²) in [5, 5.41) is 8.32. The number of hydrogen-bond donors (Lipinski definition) is 0. The van der Waals surface area contributed by atoms with Gasteiger partial charge in [0.15, 0.2) is 6.07 Å². The van der Waals surface area contributed by atoms with Crippen LogP contribution in [0.5, 0.6) is 0 Å². The average Bonchev–Trinajstić information content (AvgIpc) is 2.38. The lowest BCUT2D eigenvalue weighted by molar-refractivity contribution is 0.346. The van der Waals surface area contributed by atoms with Crippen molar-refractivity contribution in [1.82, 2.24) is 0 Å². The van der Waals surface area contributed by atoms with E-state index in [1.807, 2.05) is 5.92 Å². The van der Waals surface area contributed by atoms with Crippen molar-refractivity contribution in [2.24, 2.45) is 5.92 Å². The summed E-state index contributed by atoms with van der Waals surface area (Å²) >= 11 is 0. The Hall–Kier alpha value is -1.87. The topological polar surface area (TPSA) is 23.8 Å². The third-order valence-electron chi connectivity index (χ3n) is 3.80. The molecule has 100 valence electrons. The fourth-order valence-electron chi connectivity index (χ4n) is 2.63. The fourth-order valence-corrected chi connectivity index (χ4v) is 2.63. The van der Waals surface area contributed by atoms with Crippen LogP contribution in [0, 0.1) is 40.7 Å². The molecule has 1 nitrogen and oxygen atoms in total. The zero-order chi connectivity index (χ0) is 13.8. The van der Waals surface area contributed by atoms with Crippen LogP contribution in [0.2, 0.25) is 0 Å². The molecule has 0 spiro atoms. The highest BCUT2D eigenvalue weighted by molar-refractivity contribution is 5.42. The summed E-state index contributed by atoms with van der Waals surface area (Å²) < 4.78 is 27.6. The zero-order valence-electron chi connectivity index (χ0n) is 10.8. The van der Waals surface area contributed by atoms with E-state index in [0.717, 1.165) is 25.7 Å². The molecule has 2 rings (SSSR count). The molecule has 1 saturated carbocycles. The van der Waals surface area contributed by atoms with E-state index in [4.69, 9.17) is 5.26 Å². The van der Waals surface area contributed by atoms with Crippen LogP contribution in [0.15, 0.2) is 12.1 Å². The molecule has 0 radical (unpaired) electrons. The van der Waals surface area contributed by atoms with Crippen molar-refractivity contribution in [1.29, 1.82) is 5.26 Å². The highest BCUT2D eigenvalue weighted by Crippen LogP contribution is 2.36. The molecule has 1 aliphatic carbocycles. The number of halogens is 2. The van der Waals surface area contributed by atoms with Gasteiger partial charge in [-0.15, -0.1) is 0 Å². The molecule has 0 saturated heterocycles. The van der Waals surface area contributed by atoms with Gasteiger partial charge in [-0.1, -0.05) is 19.8 Å². The van der Waals surface area contributed by atoms with E-state index in [1.165, 1.54) is 12.1 Å². The Balaban J connectivity index is 0.00000200. The van der Waals surface area contributed by atoms with E-state index < -0.39 is 11.6 Å². The van der Waals surface area contributed by atoms with Gasteiger partial charge in [-0.25, -0.2) is 8.78 Å². The van der Waals surface area contributed by atoms with E-state index in [1.54, 1.807) is 6.07 Å². The minimum Gasteiger partial charge on any atom is -0.206 e. The van der Waals surface area contributed by atoms with E-state index in [2.05, 4.69) is 12.8 Å². The van der Waals surface area contributed by atoms with Crippen molar-refractivity contribution in [2.45, 2.75) is 38.5 Å². The van der Waals surface area contributed by atoms with Crippen LogP contribution in [-0.2, 0) is 0 Å². The third kappa shape index (κ3) is 3.12. The summed E-state index contributed by atoms with van der Waals surface area (Å²) in [7, 11) is 0. The minimum atomic E-state index is -0.670. The Morgan fingerprint density at radius 3 is 2.26 bits per heavy atom. The molecule has 0 atom stereocenters. The van der Waals surface area contributed by atoms with Crippen LogP contribution >= 0.6 is 0 Å². The van der Waals surface area contributed by atoms with Crippen LogP contribution in [0.3, 0.4) is 0 Å². The maximum atomic E-state index is 13.8. The van der Waals surface area contributed by atoms with Crippen LogP contribution in [-0.4, -0.2) is 0 Å². The second-order valence-electron chi connectivity index (χ2n) is 5.18. The number of nitrogens with zero attached hydrogens (tertiary/aromatic N) is 1. The first-order chi connectivity index (χ1) is 9.11. The Morgan fingerprint density at radius 1 is 1.16 bits per heavy atom. The zero-order valence-corrected chi connectivity index (χ0v) is 10.8. The van der Waals surface area contributed by atoms with Crippen LogP contribution in [0.4, 0.5) is 8.78 Å². The average molecular weight is 261 g/mol. The molecule has 0 aromatic heterocycles. The summed E-state index contributed by atoms with van der Waals surface area (Å²) in [6, 6.07) is 4.29. The molecular formula is C16H17F2N. The first-order valence-electron chi connectivity index (χ1n) is 6.51. The van der Waals surface area contributed by atoms with E-state index in [9.17, 15) is 8.78 Å². The van der Waals surface area contributed by atoms with Crippen molar-refractivity contribution in [3.63, 3.8) is 0 Å². The lowest BCUT2D eigenvalue weighted by atomic mass is 9.79. The molecule has 1 aromatic carbocycles. The third-order valence-corrected chi connectivity index (χ3v) is 3.80. The molecule has 1 aliphatic rings. The van der Waals surface area contributed by atoms with Gasteiger partial charge in [0.25, 0.3) is 0 Å². The Labute approximate surface area is 113 Å². The predicted octanol–water partition coefficient (Wildman–Crippen LogP) is 4.38. The van der Waals surface area contributed by atoms with Crippen LogP contribution < -0.4 is 0 Å². The fraction of sp³-hybridized carbons (Fsp3) is 0.438. The van der Waals surface area contributed by atoms with Crippen LogP contribution in [0.25, 0.3) is 0 Å². The quantitative estimate of drug-likeness (QED) is 0.688. The van der Waals surface area contributed by atoms with Crippen molar-refractivity contribution in [3.8, 4) is 17.9 Å². The van der Waals surface area contributed by atoms with E-state index >= 15 is 0 Å². The van der Waals surface area contributed by atoms with Gasteiger partial charge in [-0.3, -0.25) is 0 Å². The standard InChI is InChI=1S/C16H15F2N.H2/c1-11-4-6-12(7-5-11)13-9-15(17)14(3-2-8-19)16(18)10-13;/h9-12H,4-7H2,1H3;1H. The summed E-state index contributed by atoms with van der Waals surface area (Å²) in [5.74, 6) is 3.83. The van der Waals surface area contributed by atoms with Crippen LogP contribution in [0.1, 0.15) is 51.1 Å². The normalized spacial score (nSPS) is 22.2. The van der Waals surface area contributed by atoms with Gasteiger partial charge in [0.05, 0.1) is 5.56 Å². The molecule has 0 unspecified atom stereocenters. The molecule has 0 bridgehead atoms. The van der Waals surface area contributed by atoms with Gasteiger partial charge in [0.2, 0.25) is 0 Å². The van der Waals surface area contributed by atoms with Gasteiger partial charge in [0.1, 0.15) is 11.6 Å². The Kier molecular flexibility index (Phi) is 4.17.